The number of hydrogen-bond donors (Lipinski definition) is 0. The normalized spacial score (nSPS) is 24.7. The average molecular weight is 422 g/mol. The van der Waals surface area contributed by atoms with Crippen molar-refractivity contribution in [2.75, 3.05) is 26.2 Å². The number of imide groups is 1. The molecule has 8 heteroatoms. The lowest BCUT2D eigenvalue weighted by Gasteiger charge is -2.36. The van der Waals surface area contributed by atoms with Crippen LogP contribution in [-0.4, -0.2) is 55.5 Å². The highest BCUT2D eigenvalue weighted by molar-refractivity contribution is 6.27. The number of benzene rings is 2. The first-order valence-electron chi connectivity index (χ1n) is 9.78. The van der Waals surface area contributed by atoms with E-state index in [1.165, 1.54) is 11.9 Å². The van der Waals surface area contributed by atoms with E-state index in [4.69, 9.17) is 9.47 Å². The van der Waals surface area contributed by atoms with Gasteiger partial charge in [0.2, 0.25) is 17.4 Å². The first kappa shape index (κ1) is 20.7. The van der Waals surface area contributed by atoms with Gasteiger partial charge in [-0.15, -0.1) is 0 Å². The van der Waals surface area contributed by atoms with Gasteiger partial charge in [-0.05, 0) is 24.7 Å². The minimum Gasteiger partial charge on any atom is -0.467 e. The Kier molecular flexibility index (Phi) is 5.10. The molecule has 0 saturated carbocycles. The Morgan fingerprint density at radius 2 is 1.35 bits per heavy atom. The Hall–Kier alpha value is -3.52. The van der Waals surface area contributed by atoms with Crippen molar-refractivity contribution in [1.82, 2.24) is 4.90 Å². The van der Waals surface area contributed by atoms with Crippen LogP contribution in [0.25, 0.3) is 0 Å². The number of para-hydroxylation sites is 1. The zero-order valence-electron chi connectivity index (χ0n) is 17.3. The number of rotatable bonds is 4. The summed E-state index contributed by atoms with van der Waals surface area (Å²) in [6, 6.07) is 16.7. The summed E-state index contributed by atoms with van der Waals surface area (Å²) in [5, 5.41) is 0. The average Bonchev–Trinajstić information content (AvgIpc) is 3.22. The van der Waals surface area contributed by atoms with Crippen molar-refractivity contribution in [1.29, 1.82) is 0 Å². The molecule has 2 aromatic rings. The van der Waals surface area contributed by atoms with Crippen LogP contribution in [0.5, 0.6) is 0 Å². The maximum Gasteiger partial charge on any atom is 0.338 e. The number of likely N-dealkylation sites (N-methyl/N-ethyl adjacent to an activating group) is 1. The highest BCUT2D eigenvalue weighted by Crippen LogP contribution is 2.55. The molecule has 0 bridgehead atoms. The van der Waals surface area contributed by atoms with Crippen LogP contribution in [0.1, 0.15) is 11.6 Å². The van der Waals surface area contributed by atoms with Crippen molar-refractivity contribution in [3.05, 3.63) is 66.2 Å². The number of carbonyl (C=O) groups excluding carboxylic acids is 4. The van der Waals surface area contributed by atoms with Gasteiger partial charge in [-0.25, -0.2) is 14.5 Å². The standard InChI is InChI=1S/C23H22N2O6/c1-24-18(14-10-6-4-7-11-14)16-17(23(24,21(28)30-2)22(29)31-3)20(27)25(19(16)26)15-12-8-5-9-13-15/h4-13,16-18H,1-3H3/t16-,17-,18+/m0/s1. The fourth-order valence-corrected chi connectivity index (χ4v) is 4.98. The molecule has 31 heavy (non-hydrogen) atoms. The van der Waals surface area contributed by atoms with Crippen LogP contribution in [0.4, 0.5) is 5.69 Å². The second kappa shape index (κ2) is 7.63. The minimum atomic E-state index is -2.09. The first-order chi connectivity index (χ1) is 14.9. The summed E-state index contributed by atoms with van der Waals surface area (Å²) >= 11 is 0. The third-order valence-electron chi connectivity index (χ3n) is 6.26. The topological polar surface area (TPSA) is 93.2 Å². The number of ether oxygens (including phenoxy) is 2. The van der Waals surface area contributed by atoms with Crippen molar-refractivity contribution in [2.45, 2.75) is 11.6 Å². The van der Waals surface area contributed by atoms with Gasteiger partial charge in [0.05, 0.1) is 31.7 Å². The summed E-state index contributed by atoms with van der Waals surface area (Å²) in [6.45, 7) is 0. The maximum absolute atomic E-state index is 13.6. The second-order valence-corrected chi connectivity index (χ2v) is 7.57. The van der Waals surface area contributed by atoms with Crippen LogP contribution in [0, 0.1) is 11.8 Å². The SMILES string of the molecule is COC(=O)C1(C(=O)OC)[C@@H]2C(=O)N(c3ccccc3)C(=O)[C@@H]2[C@@H](c2ccccc2)N1C. The highest BCUT2D eigenvalue weighted by Gasteiger charge is 2.75. The van der Waals surface area contributed by atoms with E-state index in [0.717, 1.165) is 19.1 Å². The lowest BCUT2D eigenvalue weighted by Crippen LogP contribution is -2.62. The van der Waals surface area contributed by atoms with Gasteiger partial charge in [-0.3, -0.25) is 14.5 Å². The predicted octanol–water partition coefficient (Wildman–Crippen LogP) is 1.56. The smallest absolute Gasteiger partial charge is 0.338 e. The van der Waals surface area contributed by atoms with Gasteiger partial charge in [0.15, 0.2) is 0 Å². The van der Waals surface area contributed by atoms with Crippen molar-refractivity contribution in [3.63, 3.8) is 0 Å². The molecule has 2 fully saturated rings. The fourth-order valence-electron chi connectivity index (χ4n) is 4.98. The molecule has 2 heterocycles. The largest absolute Gasteiger partial charge is 0.467 e. The van der Waals surface area contributed by atoms with E-state index in [9.17, 15) is 19.2 Å². The Morgan fingerprint density at radius 3 is 1.87 bits per heavy atom. The van der Waals surface area contributed by atoms with E-state index >= 15 is 0 Å². The number of fused-ring (bicyclic) bond motifs is 1. The molecule has 2 aromatic carbocycles. The minimum absolute atomic E-state index is 0.380. The summed E-state index contributed by atoms with van der Waals surface area (Å²) in [7, 11) is 3.82. The lowest BCUT2D eigenvalue weighted by molar-refractivity contribution is -0.174. The predicted molar refractivity (Wildman–Crippen MR) is 110 cm³/mol. The molecule has 4 rings (SSSR count). The third kappa shape index (κ3) is 2.71. The summed E-state index contributed by atoms with van der Waals surface area (Å²) < 4.78 is 9.97. The number of methoxy groups -OCH3 is 2. The van der Waals surface area contributed by atoms with Crippen LogP contribution >= 0.6 is 0 Å². The van der Waals surface area contributed by atoms with Gasteiger partial charge in [-0.1, -0.05) is 48.5 Å². The van der Waals surface area contributed by atoms with Crippen molar-refractivity contribution in [2.24, 2.45) is 11.8 Å². The molecule has 0 aromatic heterocycles. The first-order valence-corrected chi connectivity index (χ1v) is 9.78. The molecule has 2 amide bonds. The monoisotopic (exact) mass is 422 g/mol. The number of anilines is 1. The van der Waals surface area contributed by atoms with Gasteiger partial charge in [0.1, 0.15) is 0 Å². The van der Waals surface area contributed by atoms with E-state index in [1.54, 1.807) is 54.6 Å². The zero-order valence-corrected chi connectivity index (χ0v) is 17.3. The molecule has 0 radical (unpaired) electrons. The molecule has 0 spiro atoms. The maximum atomic E-state index is 13.6. The number of hydrogen-bond acceptors (Lipinski definition) is 7. The fraction of sp³-hybridized carbons (Fsp3) is 0.304. The van der Waals surface area contributed by atoms with Gasteiger partial charge in [0, 0.05) is 6.04 Å². The number of nitrogens with zero attached hydrogens (tertiary/aromatic N) is 2. The number of esters is 2. The van der Waals surface area contributed by atoms with Crippen LogP contribution in [0.2, 0.25) is 0 Å². The summed E-state index contributed by atoms with van der Waals surface area (Å²) in [5.41, 5.74) is -1.01. The third-order valence-corrected chi connectivity index (χ3v) is 6.26. The molecular formula is C23H22N2O6. The Balaban J connectivity index is 1.96. The molecule has 3 atom stereocenters. The lowest BCUT2D eigenvalue weighted by atomic mass is 9.79. The van der Waals surface area contributed by atoms with Gasteiger partial charge in [0.25, 0.3) is 0 Å². The zero-order chi connectivity index (χ0) is 22.3. The number of amides is 2. The van der Waals surface area contributed by atoms with Crippen molar-refractivity contribution < 1.29 is 28.7 Å². The van der Waals surface area contributed by atoms with Gasteiger partial charge >= 0.3 is 11.9 Å². The van der Waals surface area contributed by atoms with Crippen molar-refractivity contribution in [3.8, 4) is 0 Å². The van der Waals surface area contributed by atoms with E-state index < -0.39 is 47.2 Å². The summed E-state index contributed by atoms with van der Waals surface area (Å²) in [4.78, 5) is 56.0. The number of carbonyl (C=O) groups is 4. The van der Waals surface area contributed by atoms with E-state index in [2.05, 4.69) is 0 Å². The van der Waals surface area contributed by atoms with E-state index in [1.807, 2.05) is 6.07 Å². The summed E-state index contributed by atoms with van der Waals surface area (Å²) in [6.07, 6.45) is 0. The van der Waals surface area contributed by atoms with Crippen LogP contribution in [0.3, 0.4) is 0 Å². The molecule has 0 aliphatic carbocycles. The summed E-state index contributed by atoms with van der Waals surface area (Å²) in [5.74, 6) is -5.26. The molecule has 160 valence electrons. The van der Waals surface area contributed by atoms with Crippen molar-refractivity contribution >= 4 is 29.4 Å². The molecule has 2 saturated heterocycles. The molecule has 2 aliphatic heterocycles. The van der Waals surface area contributed by atoms with Crippen LogP contribution in [0.15, 0.2) is 60.7 Å². The Morgan fingerprint density at radius 1 is 0.839 bits per heavy atom. The molecule has 0 N–H and O–H groups in total. The van der Waals surface area contributed by atoms with Crippen LogP contribution in [-0.2, 0) is 28.7 Å². The molecule has 2 aliphatic rings. The van der Waals surface area contributed by atoms with Gasteiger partial charge < -0.3 is 9.47 Å². The Bertz CT molecular complexity index is 1020. The van der Waals surface area contributed by atoms with E-state index in [0.29, 0.717) is 11.3 Å². The Labute approximate surface area is 179 Å². The molecule has 8 nitrogen and oxygen atoms in total. The number of likely N-dealkylation sites (tertiary alicyclic amines) is 1. The van der Waals surface area contributed by atoms with Gasteiger partial charge in [-0.2, -0.15) is 0 Å². The quantitative estimate of drug-likeness (QED) is 0.419. The second-order valence-electron chi connectivity index (χ2n) is 7.57. The molecular weight excluding hydrogens is 400 g/mol. The van der Waals surface area contributed by atoms with E-state index in [-0.39, 0.29) is 0 Å². The molecule has 0 unspecified atom stereocenters. The van der Waals surface area contributed by atoms with Crippen LogP contribution < -0.4 is 4.90 Å². The highest BCUT2D eigenvalue weighted by atomic mass is 16.5.